The van der Waals surface area contributed by atoms with E-state index in [1.165, 1.54) is 26.4 Å². The number of anilines is 1. The van der Waals surface area contributed by atoms with Gasteiger partial charge in [-0.1, -0.05) is 26.0 Å². The van der Waals surface area contributed by atoms with Gasteiger partial charge in [-0.2, -0.15) is 0 Å². The molecule has 2 N–H and O–H groups in total. The number of esters is 1. The van der Waals surface area contributed by atoms with Crippen LogP contribution in [0.5, 0.6) is 11.5 Å². The van der Waals surface area contributed by atoms with Crippen LogP contribution in [0.3, 0.4) is 0 Å². The van der Waals surface area contributed by atoms with Crippen LogP contribution in [-0.2, 0) is 9.53 Å². The summed E-state index contributed by atoms with van der Waals surface area (Å²) in [7, 11) is 2.97. The standard InChI is InChI=1S/C23H28N2O6/c1-14(2)12-24-22(27)17-8-6-7-9-18(17)25-21(26)13-31-23(28)16-10-19(29-4)15(3)20(11-16)30-5/h6-11,14H,12-13H2,1-5H3,(H,24,27)(H,25,26). The highest BCUT2D eigenvalue weighted by Gasteiger charge is 2.17. The van der Waals surface area contributed by atoms with Gasteiger partial charge in [-0.05, 0) is 37.1 Å². The minimum absolute atomic E-state index is 0.195. The van der Waals surface area contributed by atoms with Gasteiger partial charge in [0.15, 0.2) is 6.61 Å². The van der Waals surface area contributed by atoms with E-state index < -0.39 is 18.5 Å². The maximum Gasteiger partial charge on any atom is 0.338 e. The molecule has 0 heterocycles. The van der Waals surface area contributed by atoms with Gasteiger partial charge in [-0.3, -0.25) is 9.59 Å². The number of benzene rings is 2. The van der Waals surface area contributed by atoms with Crippen molar-refractivity contribution < 1.29 is 28.6 Å². The van der Waals surface area contributed by atoms with E-state index in [0.29, 0.717) is 35.2 Å². The lowest BCUT2D eigenvalue weighted by Gasteiger charge is -2.13. The van der Waals surface area contributed by atoms with Gasteiger partial charge in [-0.15, -0.1) is 0 Å². The molecule has 8 nitrogen and oxygen atoms in total. The van der Waals surface area contributed by atoms with Crippen molar-refractivity contribution in [3.63, 3.8) is 0 Å². The summed E-state index contributed by atoms with van der Waals surface area (Å²) >= 11 is 0. The van der Waals surface area contributed by atoms with E-state index in [1.54, 1.807) is 31.2 Å². The molecule has 166 valence electrons. The zero-order chi connectivity index (χ0) is 23.0. The zero-order valence-electron chi connectivity index (χ0n) is 18.4. The topological polar surface area (TPSA) is 103 Å². The maximum absolute atomic E-state index is 12.4. The van der Waals surface area contributed by atoms with Gasteiger partial charge in [0.25, 0.3) is 11.8 Å². The molecule has 0 aliphatic rings. The summed E-state index contributed by atoms with van der Waals surface area (Å²) < 4.78 is 15.6. The first-order valence-electron chi connectivity index (χ1n) is 9.83. The number of nitrogens with one attached hydrogen (secondary N) is 2. The summed E-state index contributed by atoms with van der Waals surface area (Å²) in [6.45, 7) is 5.78. The van der Waals surface area contributed by atoms with Crippen LogP contribution < -0.4 is 20.1 Å². The van der Waals surface area contributed by atoms with Crippen LogP contribution >= 0.6 is 0 Å². The Morgan fingerprint density at radius 2 is 1.61 bits per heavy atom. The van der Waals surface area contributed by atoms with E-state index in [-0.39, 0.29) is 11.5 Å². The van der Waals surface area contributed by atoms with Crippen LogP contribution in [0.25, 0.3) is 0 Å². The summed E-state index contributed by atoms with van der Waals surface area (Å²) in [4.78, 5) is 37.1. The Kier molecular flexibility index (Phi) is 8.43. The lowest BCUT2D eigenvalue weighted by Crippen LogP contribution is -2.29. The first kappa shape index (κ1) is 23.7. The fraction of sp³-hybridized carbons (Fsp3) is 0.348. The smallest absolute Gasteiger partial charge is 0.338 e. The minimum atomic E-state index is -0.699. The quantitative estimate of drug-likeness (QED) is 0.595. The molecule has 0 atom stereocenters. The lowest BCUT2D eigenvalue weighted by atomic mass is 10.1. The SMILES string of the molecule is COc1cc(C(=O)OCC(=O)Nc2ccccc2C(=O)NCC(C)C)cc(OC)c1C. The Labute approximate surface area is 181 Å². The van der Waals surface area contributed by atoms with Crippen LogP contribution in [0.4, 0.5) is 5.69 Å². The van der Waals surface area contributed by atoms with Gasteiger partial charge in [0.05, 0.1) is 31.0 Å². The number of rotatable bonds is 9. The molecule has 31 heavy (non-hydrogen) atoms. The monoisotopic (exact) mass is 428 g/mol. The second-order valence-electron chi connectivity index (χ2n) is 7.28. The minimum Gasteiger partial charge on any atom is -0.496 e. The molecule has 0 fully saturated rings. The van der Waals surface area contributed by atoms with Crippen LogP contribution in [-0.4, -0.2) is 45.2 Å². The summed E-state index contributed by atoms with van der Waals surface area (Å²) in [6.07, 6.45) is 0. The van der Waals surface area contributed by atoms with Crippen molar-refractivity contribution in [3.8, 4) is 11.5 Å². The Hall–Kier alpha value is -3.55. The first-order valence-corrected chi connectivity index (χ1v) is 9.83. The lowest BCUT2D eigenvalue weighted by molar-refractivity contribution is -0.119. The molecule has 0 radical (unpaired) electrons. The predicted octanol–water partition coefficient (Wildman–Crippen LogP) is 3.19. The third-order valence-electron chi connectivity index (χ3n) is 4.44. The van der Waals surface area contributed by atoms with Gasteiger partial charge in [0.1, 0.15) is 11.5 Å². The second kappa shape index (κ2) is 11.0. The Morgan fingerprint density at radius 3 is 2.19 bits per heavy atom. The number of hydrogen-bond acceptors (Lipinski definition) is 6. The van der Waals surface area contributed by atoms with Gasteiger partial charge in [-0.25, -0.2) is 4.79 Å². The average Bonchev–Trinajstić information content (AvgIpc) is 2.76. The average molecular weight is 428 g/mol. The van der Waals surface area contributed by atoms with E-state index in [9.17, 15) is 14.4 Å². The normalized spacial score (nSPS) is 10.4. The highest BCUT2D eigenvalue weighted by Crippen LogP contribution is 2.29. The Bertz CT molecular complexity index is 930. The molecule has 0 aliphatic heterocycles. The number of carbonyl (C=O) groups is 3. The molecule has 2 rings (SSSR count). The van der Waals surface area contributed by atoms with E-state index in [2.05, 4.69) is 10.6 Å². The van der Waals surface area contributed by atoms with Gasteiger partial charge in [0, 0.05) is 12.1 Å². The summed E-state index contributed by atoms with van der Waals surface area (Å²) in [5.74, 6) is -0.322. The van der Waals surface area contributed by atoms with Crippen LogP contribution in [0, 0.1) is 12.8 Å². The Balaban J connectivity index is 2.03. The molecule has 0 aromatic heterocycles. The van der Waals surface area contributed by atoms with Crippen molar-refractivity contribution in [2.45, 2.75) is 20.8 Å². The third-order valence-corrected chi connectivity index (χ3v) is 4.44. The number of ether oxygens (including phenoxy) is 3. The van der Waals surface area contributed by atoms with Gasteiger partial charge in [0.2, 0.25) is 0 Å². The van der Waals surface area contributed by atoms with Crippen molar-refractivity contribution in [3.05, 3.63) is 53.1 Å². The highest BCUT2D eigenvalue weighted by molar-refractivity contribution is 6.04. The second-order valence-corrected chi connectivity index (χ2v) is 7.28. The molecule has 2 aromatic carbocycles. The number of methoxy groups -OCH3 is 2. The third kappa shape index (κ3) is 6.47. The molecule has 0 saturated carbocycles. The molecule has 0 spiro atoms. The molecule has 0 unspecified atom stereocenters. The van der Waals surface area contributed by atoms with E-state index in [1.807, 2.05) is 13.8 Å². The number of amides is 2. The predicted molar refractivity (Wildman–Crippen MR) is 117 cm³/mol. The van der Waals surface area contributed by atoms with Gasteiger partial charge < -0.3 is 24.8 Å². The summed E-state index contributed by atoms with van der Waals surface area (Å²) in [5.41, 5.74) is 1.60. The largest absolute Gasteiger partial charge is 0.496 e. The van der Waals surface area contributed by atoms with Crippen molar-refractivity contribution in [1.29, 1.82) is 0 Å². The first-order chi connectivity index (χ1) is 14.8. The summed E-state index contributed by atoms with van der Waals surface area (Å²) in [5, 5.41) is 5.42. The molecule has 2 amide bonds. The zero-order valence-corrected chi connectivity index (χ0v) is 18.4. The molecule has 8 heteroatoms. The Morgan fingerprint density at radius 1 is 1.00 bits per heavy atom. The highest BCUT2D eigenvalue weighted by atomic mass is 16.5. The van der Waals surface area contributed by atoms with Crippen molar-refractivity contribution in [2.75, 3.05) is 32.7 Å². The number of hydrogen-bond donors (Lipinski definition) is 2. The molecular weight excluding hydrogens is 400 g/mol. The number of para-hydroxylation sites is 1. The van der Waals surface area contributed by atoms with Crippen LogP contribution in [0.1, 0.15) is 40.1 Å². The maximum atomic E-state index is 12.4. The molecule has 0 bridgehead atoms. The van der Waals surface area contributed by atoms with Gasteiger partial charge >= 0.3 is 5.97 Å². The van der Waals surface area contributed by atoms with Crippen molar-refractivity contribution in [2.24, 2.45) is 5.92 Å². The fourth-order valence-corrected chi connectivity index (χ4v) is 2.79. The molecule has 0 saturated heterocycles. The van der Waals surface area contributed by atoms with Crippen LogP contribution in [0.2, 0.25) is 0 Å². The van der Waals surface area contributed by atoms with E-state index >= 15 is 0 Å². The molecule has 2 aromatic rings. The van der Waals surface area contributed by atoms with Crippen LogP contribution in [0.15, 0.2) is 36.4 Å². The van der Waals surface area contributed by atoms with Crippen molar-refractivity contribution in [1.82, 2.24) is 5.32 Å². The van der Waals surface area contributed by atoms with E-state index in [4.69, 9.17) is 14.2 Å². The van der Waals surface area contributed by atoms with Crippen molar-refractivity contribution >= 4 is 23.5 Å². The molecule has 0 aliphatic carbocycles. The summed E-state index contributed by atoms with van der Waals surface area (Å²) in [6, 6.07) is 9.67. The number of carbonyl (C=O) groups excluding carboxylic acids is 3. The van der Waals surface area contributed by atoms with E-state index in [0.717, 1.165) is 5.56 Å². The fourth-order valence-electron chi connectivity index (χ4n) is 2.79. The molecular formula is C23H28N2O6.